The van der Waals surface area contributed by atoms with E-state index < -0.39 is 0 Å². The number of nitrogens with zero attached hydrogens (tertiary/aromatic N) is 1. The standard InChI is InChI=1S/C15H17ClN4O2/c1-20-7-10(17)12(6-14(20)21)19-15(22)13-5-8-4-9(16)2-3-11(8)18-13/h2-5,10,12,18H,6-7,17H2,1H3,(H,19,22)/t10?,12-/m1/s1. The molecule has 2 atom stereocenters. The predicted octanol–water partition coefficient (Wildman–Crippen LogP) is 1.11. The van der Waals surface area contributed by atoms with E-state index in [1.165, 1.54) is 0 Å². The van der Waals surface area contributed by atoms with Crippen LogP contribution in [-0.4, -0.2) is 47.4 Å². The molecule has 2 amide bonds. The molecule has 1 aliphatic heterocycles. The van der Waals surface area contributed by atoms with Gasteiger partial charge in [0.1, 0.15) is 5.69 Å². The first kappa shape index (κ1) is 14.9. The average molecular weight is 321 g/mol. The third kappa shape index (κ3) is 2.80. The molecule has 0 spiro atoms. The molecule has 7 heteroatoms. The third-order valence-electron chi connectivity index (χ3n) is 3.97. The summed E-state index contributed by atoms with van der Waals surface area (Å²) in [5.74, 6) is -0.291. The highest BCUT2D eigenvalue weighted by atomic mass is 35.5. The Hall–Kier alpha value is -2.05. The number of hydrogen-bond acceptors (Lipinski definition) is 3. The van der Waals surface area contributed by atoms with Crippen LogP contribution in [0.15, 0.2) is 24.3 Å². The van der Waals surface area contributed by atoms with Crippen molar-refractivity contribution in [2.75, 3.05) is 13.6 Å². The minimum atomic E-state index is -0.355. The molecule has 1 aromatic heterocycles. The number of H-pyrrole nitrogens is 1. The van der Waals surface area contributed by atoms with Gasteiger partial charge in [0.2, 0.25) is 5.91 Å². The molecule has 2 aromatic rings. The van der Waals surface area contributed by atoms with Crippen LogP contribution in [0.3, 0.4) is 0 Å². The summed E-state index contributed by atoms with van der Waals surface area (Å²) in [5.41, 5.74) is 7.28. The predicted molar refractivity (Wildman–Crippen MR) is 84.8 cm³/mol. The molecule has 6 nitrogen and oxygen atoms in total. The smallest absolute Gasteiger partial charge is 0.268 e. The lowest BCUT2D eigenvalue weighted by molar-refractivity contribution is -0.133. The zero-order valence-corrected chi connectivity index (χ0v) is 12.9. The SMILES string of the molecule is CN1CC(N)[C@H](NC(=O)c2cc3cc(Cl)ccc3[nH]2)CC1=O. The van der Waals surface area contributed by atoms with Gasteiger partial charge in [-0.05, 0) is 24.3 Å². The van der Waals surface area contributed by atoms with Gasteiger partial charge in [-0.3, -0.25) is 9.59 Å². The van der Waals surface area contributed by atoms with Gasteiger partial charge in [-0.2, -0.15) is 0 Å². The van der Waals surface area contributed by atoms with Gasteiger partial charge in [0.25, 0.3) is 5.91 Å². The number of rotatable bonds is 2. The van der Waals surface area contributed by atoms with E-state index in [1.54, 1.807) is 30.1 Å². The fraction of sp³-hybridized carbons (Fsp3) is 0.333. The summed E-state index contributed by atoms with van der Waals surface area (Å²) in [7, 11) is 1.71. The Labute approximate surface area is 132 Å². The zero-order valence-electron chi connectivity index (χ0n) is 12.1. The summed E-state index contributed by atoms with van der Waals surface area (Å²) in [6.07, 6.45) is 0.218. The molecule has 1 aromatic carbocycles. The molecule has 22 heavy (non-hydrogen) atoms. The van der Waals surface area contributed by atoms with E-state index in [-0.39, 0.29) is 30.3 Å². The highest BCUT2D eigenvalue weighted by molar-refractivity contribution is 6.31. The largest absolute Gasteiger partial charge is 0.351 e. The number of fused-ring (bicyclic) bond motifs is 1. The van der Waals surface area contributed by atoms with Gasteiger partial charge < -0.3 is 20.9 Å². The Morgan fingerprint density at radius 3 is 3.00 bits per heavy atom. The number of aromatic nitrogens is 1. The van der Waals surface area contributed by atoms with Crippen molar-refractivity contribution in [3.63, 3.8) is 0 Å². The molecule has 2 heterocycles. The summed E-state index contributed by atoms with van der Waals surface area (Å²) in [6.45, 7) is 0.437. The Morgan fingerprint density at radius 2 is 2.23 bits per heavy atom. The van der Waals surface area contributed by atoms with Crippen LogP contribution in [0.2, 0.25) is 5.02 Å². The number of amides is 2. The molecule has 1 unspecified atom stereocenters. The Balaban J connectivity index is 1.77. The number of likely N-dealkylation sites (tertiary alicyclic amines) is 1. The van der Waals surface area contributed by atoms with E-state index in [9.17, 15) is 9.59 Å². The lowest BCUT2D eigenvalue weighted by atomic mass is 9.99. The van der Waals surface area contributed by atoms with Gasteiger partial charge in [0.15, 0.2) is 0 Å². The highest BCUT2D eigenvalue weighted by Crippen LogP contribution is 2.20. The Bertz CT molecular complexity index is 742. The minimum Gasteiger partial charge on any atom is -0.351 e. The second-order valence-corrected chi connectivity index (χ2v) is 6.07. The highest BCUT2D eigenvalue weighted by Gasteiger charge is 2.31. The molecule has 0 bridgehead atoms. The summed E-state index contributed by atoms with van der Waals surface area (Å²) in [4.78, 5) is 28.7. The van der Waals surface area contributed by atoms with E-state index in [2.05, 4.69) is 10.3 Å². The molecule has 1 fully saturated rings. The monoisotopic (exact) mass is 320 g/mol. The summed E-state index contributed by atoms with van der Waals surface area (Å²) in [5, 5.41) is 4.31. The fourth-order valence-corrected chi connectivity index (χ4v) is 2.85. The molecule has 1 aliphatic rings. The van der Waals surface area contributed by atoms with Crippen LogP contribution in [0.4, 0.5) is 0 Å². The quantitative estimate of drug-likeness (QED) is 0.774. The lowest BCUT2D eigenvalue weighted by Crippen LogP contribution is -2.58. The maximum Gasteiger partial charge on any atom is 0.268 e. The van der Waals surface area contributed by atoms with E-state index in [0.717, 1.165) is 10.9 Å². The number of aromatic amines is 1. The second kappa shape index (κ2) is 5.62. The maximum atomic E-state index is 12.3. The third-order valence-corrected chi connectivity index (χ3v) is 4.20. The van der Waals surface area contributed by atoms with Crippen LogP contribution in [-0.2, 0) is 4.79 Å². The zero-order chi connectivity index (χ0) is 15.9. The van der Waals surface area contributed by atoms with Gasteiger partial charge in [0.05, 0.1) is 6.04 Å². The topological polar surface area (TPSA) is 91.2 Å². The maximum absolute atomic E-state index is 12.3. The molecule has 0 aliphatic carbocycles. The number of halogens is 1. The van der Waals surface area contributed by atoms with Gasteiger partial charge >= 0.3 is 0 Å². The van der Waals surface area contributed by atoms with Gasteiger partial charge in [-0.25, -0.2) is 0 Å². The summed E-state index contributed by atoms with van der Waals surface area (Å²) in [6, 6.07) is 6.47. The molecular formula is C15H17ClN4O2. The number of carbonyl (C=O) groups excluding carboxylic acids is 2. The second-order valence-electron chi connectivity index (χ2n) is 5.64. The Morgan fingerprint density at radius 1 is 1.45 bits per heavy atom. The van der Waals surface area contributed by atoms with E-state index in [4.69, 9.17) is 17.3 Å². The first-order valence-corrected chi connectivity index (χ1v) is 7.40. The van der Waals surface area contributed by atoms with Crippen LogP contribution in [0, 0.1) is 0 Å². The first-order chi connectivity index (χ1) is 10.4. The summed E-state index contributed by atoms with van der Waals surface area (Å²) < 4.78 is 0. The van der Waals surface area contributed by atoms with Crippen LogP contribution < -0.4 is 11.1 Å². The molecule has 4 N–H and O–H groups in total. The van der Waals surface area contributed by atoms with Crippen molar-refractivity contribution in [3.8, 4) is 0 Å². The number of benzene rings is 1. The molecular weight excluding hydrogens is 304 g/mol. The average Bonchev–Trinajstić information content (AvgIpc) is 2.87. The van der Waals surface area contributed by atoms with Gasteiger partial charge in [0, 0.05) is 42.0 Å². The minimum absolute atomic E-state index is 0.0181. The van der Waals surface area contributed by atoms with Crippen LogP contribution in [0.5, 0.6) is 0 Å². The number of carbonyl (C=O) groups is 2. The van der Waals surface area contributed by atoms with E-state index in [1.807, 2.05) is 6.07 Å². The number of likely N-dealkylation sites (N-methyl/N-ethyl adjacent to an activating group) is 1. The first-order valence-electron chi connectivity index (χ1n) is 7.03. The van der Waals surface area contributed by atoms with Gasteiger partial charge in [-0.15, -0.1) is 0 Å². The van der Waals surface area contributed by atoms with Crippen molar-refractivity contribution in [1.82, 2.24) is 15.2 Å². The number of hydrogen-bond donors (Lipinski definition) is 3. The molecule has 0 saturated carbocycles. The van der Waals surface area contributed by atoms with Crippen LogP contribution in [0.25, 0.3) is 10.9 Å². The van der Waals surface area contributed by atoms with Crippen molar-refractivity contribution in [2.45, 2.75) is 18.5 Å². The molecule has 1 saturated heterocycles. The molecule has 0 radical (unpaired) electrons. The number of nitrogens with two attached hydrogens (primary N) is 1. The number of nitrogens with one attached hydrogen (secondary N) is 2. The van der Waals surface area contributed by atoms with Crippen molar-refractivity contribution in [3.05, 3.63) is 35.0 Å². The van der Waals surface area contributed by atoms with E-state index in [0.29, 0.717) is 17.3 Å². The van der Waals surface area contributed by atoms with Crippen molar-refractivity contribution >= 4 is 34.3 Å². The van der Waals surface area contributed by atoms with Crippen molar-refractivity contribution in [2.24, 2.45) is 5.73 Å². The fourth-order valence-electron chi connectivity index (χ4n) is 2.67. The summed E-state index contributed by atoms with van der Waals surface area (Å²) >= 11 is 5.94. The van der Waals surface area contributed by atoms with Crippen molar-refractivity contribution < 1.29 is 9.59 Å². The normalized spacial score (nSPS) is 22.1. The lowest BCUT2D eigenvalue weighted by Gasteiger charge is -2.34. The van der Waals surface area contributed by atoms with Crippen LogP contribution in [0.1, 0.15) is 16.9 Å². The van der Waals surface area contributed by atoms with E-state index >= 15 is 0 Å². The molecule has 116 valence electrons. The van der Waals surface area contributed by atoms with Crippen LogP contribution >= 0.6 is 11.6 Å². The van der Waals surface area contributed by atoms with Gasteiger partial charge in [-0.1, -0.05) is 11.6 Å². The number of piperidine rings is 1. The van der Waals surface area contributed by atoms with Crippen molar-refractivity contribution in [1.29, 1.82) is 0 Å². The molecule has 3 rings (SSSR count). The Kier molecular flexibility index (Phi) is 3.80.